The van der Waals surface area contributed by atoms with Crippen molar-refractivity contribution in [3.05, 3.63) is 66.2 Å². The molecule has 0 aromatic heterocycles. The molecule has 0 nitrogen and oxygen atoms in total. The highest BCUT2D eigenvalue weighted by Gasteiger charge is 2.06. The molecule has 0 amide bonds. The highest BCUT2D eigenvalue weighted by Crippen LogP contribution is 2.29. The van der Waals surface area contributed by atoms with Gasteiger partial charge in [-0.3, -0.25) is 0 Å². The minimum Gasteiger partial charge on any atom is -0.0984 e. The van der Waals surface area contributed by atoms with E-state index in [1.165, 1.54) is 71.2 Å². The van der Waals surface area contributed by atoms with Crippen molar-refractivity contribution in [1.82, 2.24) is 0 Å². The van der Waals surface area contributed by atoms with E-state index >= 15 is 0 Å². The maximum atomic E-state index is 4.09. The average Bonchev–Trinajstić information content (AvgIpc) is 2.62. The first-order valence-corrected chi connectivity index (χ1v) is 9.40. The molecular weight excluding hydrogens is 288 g/mol. The summed E-state index contributed by atoms with van der Waals surface area (Å²) < 4.78 is 0. The Hall–Kier alpha value is -2.08. The Morgan fingerprint density at radius 1 is 0.792 bits per heavy atom. The van der Waals surface area contributed by atoms with Crippen LogP contribution in [0, 0.1) is 0 Å². The van der Waals surface area contributed by atoms with Gasteiger partial charge in [0.15, 0.2) is 0 Å². The number of unbranched alkanes of at least 4 members (excludes halogenated alkanes) is 5. The Balaban J connectivity index is 1.83. The van der Waals surface area contributed by atoms with Crippen molar-refractivity contribution in [2.45, 2.75) is 51.9 Å². The van der Waals surface area contributed by atoms with E-state index in [-0.39, 0.29) is 0 Å². The van der Waals surface area contributed by atoms with Crippen molar-refractivity contribution < 1.29 is 0 Å². The number of aryl methyl sites for hydroxylation is 1. The fourth-order valence-electron chi connectivity index (χ4n) is 3.64. The van der Waals surface area contributed by atoms with E-state index in [9.17, 15) is 0 Å². The third kappa shape index (κ3) is 3.70. The quantitative estimate of drug-likeness (QED) is 0.297. The molecule has 0 spiro atoms. The van der Waals surface area contributed by atoms with Crippen molar-refractivity contribution in [2.24, 2.45) is 0 Å². The predicted molar refractivity (Wildman–Crippen MR) is 109 cm³/mol. The second-order valence-electron chi connectivity index (χ2n) is 6.78. The molecular formula is C24H28. The zero-order valence-corrected chi connectivity index (χ0v) is 14.9. The van der Waals surface area contributed by atoms with Crippen molar-refractivity contribution in [3.63, 3.8) is 0 Å². The number of fused-ring (bicyclic) bond motifs is 2. The molecule has 124 valence electrons. The summed E-state index contributed by atoms with van der Waals surface area (Å²) in [6.07, 6.45) is 11.3. The zero-order valence-electron chi connectivity index (χ0n) is 14.9. The first-order valence-electron chi connectivity index (χ1n) is 9.40. The largest absolute Gasteiger partial charge is 0.0984 e. The van der Waals surface area contributed by atoms with Gasteiger partial charge in [-0.2, -0.15) is 0 Å². The first-order chi connectivity index (χ1) is 11.8. The second kappa shape index (κ2) is 8.15. The van der Waals surface area contributed by atoms with E-state index in [0.29, 0.717) is 0 Å². The van der Waals surface area contributed by atoms with Gasteiger partial charge in [0.05, 0.1) is 0 Å². The lowest BCUT2D eigenvalue weighted by Crippen LogP contribution is -1.92. The maximum absolute atomic E-state index is 4.09. The Kier molecular flexibility index (Phi) is 5.69. The highest BCUT2D eigenvalue weighted by atomic mass is 14.1. The van der Waals surface area contributed by atoms with E-state index in [2.05, 4.69) is 62.0 Å². The smallest absolute Gasteiger partial charge is 0.0102 e. The summed E-state index contributed by atoms with van der Waals surface area (Å²) in [5.41, 5.74) is 2.77. The van der Waals surface area contributed by atoms with Crippen LogP contribution in [-0.2, 0) is 6.42 Å². The van der Waals surface area contributed by atoms with Crippen LogP contribution in [0.1, 0.15) is 56.6 Å². The normalized spacial score (nSPS) is 11.2. The third-order valence-corrected chi connectivity index (χ3v) is 5.02. The lowest BCUT2D eigenvalue weighted by molar-refractivity contribution is 0.607. The second-order valence-corrected chi connectivity index (χ2v) is 6.78. The molecule has 0 radical (unpaired) electrons. The molecule has 0 N–H and O–H groups in total. The number of rotatable bonds is 8. The molecule has 3 rings (SSSR count). The molecule has 0 heteroatoms. The summed E-state index contributed by atoms with van der Waals surface area (Å²) in [7, 11) is 0. The molecule has 3 aromatic carbocycles. The van der Waals surface area contributed by atoms with Crippen LogP contribution in [0.4, 0.5) is 0 Å². The van der Waals surface area contributed by atoms with Gasteiger partial charge in [-0.15, -0.1) is 0 Å². The molecule has 0 aliphatic rings. The molecule has 3 aromatic rings. The molecule has 0 aliphatic heterocycles. The molecule has 0 fully saturated rings. The van der Waals surface area contributed by atoms with Crippen molar-refractivity contribution in [3.8, 4) is 0 Å². The minimum absolute atomic E-state index is 1.16. The highest BCUT2D eigenvalue weighted by molar-refractivity contribution is 6.02. The van der Waals surface area contributed by atoms with E-state index in [4.69, 9.17) is 0 Å². The van der Waals surface area contributed by atoms with Crippen LogP contribution in [0.3, 0.4) is 0 Å². The summed E-state index contributed by atoms with van der Waals surface area (Å²) in [5, 5.41) is 5.27. The van der Waals surface area contributed by atoms with Crippen LogP contribution < -0.4 is 0 Å². The SMILES string of the molecule is C=Cc1c(CCCCCCCC)ccc2cc3ccccc3cc12. The van der Waals surface area contributed by atoms with Crippen LogP contribution >= 0.6 is 0 Å². The summed E-state index contributed by atoms with van der Waals surface area (Å²) in [4.78, 5) is 0. The Morgan fingerprint density at radius 2 is 1.50 bits per heavy atom. The molecule has 0 unspecified atom stereocenters. The monoisotopic (exact) mass is 316 g/mol. The van der Waals surface area contributed by atoms with Crippen LogP contribution in [0.5, 0.6) is 0 Å². The average molecular weight is 316 g/mol. The zero-order chi connectivity index (χ0) is 16.8. The third-order valence-electron chi connectivity index (χ3n) is 5.02. The van der Waals surface area contributed by atoms with Crippen LogP contribution in [-0.4, -0.2) is 0 Å². The van der Waals surface area contributed by atoms with Gasteiger partial charge in [-0.1, -0.05) is 88.1 Å². The van der Waals surface area contributed by atoms with E-state index in [1.54, 1.807) is 0 Å². The lowest BCUT2D eigenvalue weighted by atomic mass is 9.93. The summed E-state index contributed by atoms with van der Waals surface area (Å²) in [6.45, 7) is 6.36. The van der Waals surface area contributed by atoms with Crippen molar-refractivity contribution in [2.75, 3.05) is 0 Å². The molecule has 0 atom stereocenters. The van der Waals surface area contributed by atoms with Gasteiger partial charge in [0.25, 0.3) is 0 Å². The van der Waals surface area contributed by atoms with Gasteiger partial charge in [-0.05, 0) is 57.6 Å². The number of hydrogen-bond acceptors (Lipinski definition) is 0. The fourth-order valence-corrected chi connectivity index (χ4v) is 3.64. The van der Waals surface area contributed by atoms with Gasteiger partial charge < -0.3 is 0 Å². The fraction of sp³-hybridized carbons (Fsp3) is 0.333. The Bertz CT molecular complexity index is 826. The predicted octanol–water partition coefficient (Wildman–Crippen LogP) is 7.54. The molecule has 24 heavy (non-hydrogen) atoms. The topological polar surface area (TPSA) is 0 Å². The molecule has 0 saturated heterocycles. The van der Waals surface area contributed by atoms with Crippen molar-refractivity contribution >= 4 is 27.6 Å². The molecule has 0 bridgehead atoms. The van der Waals surface area contributed by atoms with Crippen molar-refractivity contribution in [1.29, 1.82) is 0 Å². The summed E-state index contributed by atoms with van der Waals surface area (Å²) in [5.74, 6) is 0. The molecule has 0 saturated carbocycles. The van der Waals surface area contributed by atoms with E-state index in [1.807, 2.05) is 6.08 Å². The van der Waals surface area contributed by atoms with Gasteiger partial charge in [0.1, 0.15) is 0 Å². The maximum Gasteiger partial charge on any atom is -0.0102 e. The number of hydrogen-bond donors (Lipinski definition) is 0. The van der Waals surface area contributed by atoms with Crippen LogP contribution in [0.2, 0.25) is 0 Å². The van der Waals surface area contributed by atoms with Crippen LogP contribution in [0.15, 0.2) is 55.1 Å². The van der Waals surface area contributed by atoms with Crippen LogP contribution in [0.25, 0.3) is 27.6 Å². The molecule has 0 aliphatic carbocycles. The van der Waals surface area contributed by atoms with Gasteiger partial charge >= 0.3 is 0 Å². The lowest BCUT2D eigenvalue weighted by Gasteiger charge is -2.11. The number of benzene rings is 3. The van der Waals surface area contributed by atoms with Gasteiger partial charge in [0, 0.05) is 0 Å². The summed E-state index contributed by atoms with van der Waals surface area (Å²) in [6, 6.07) is 17.8. The van der Waals surface area contributed by atoms with E-state index in [0.717, 1.165) is 6.42 Å². The van der Waals surface area contributed by atoms with Gasteiger partial charge in [-0.25, -0.2) is 0 Å². The molecule has 0 heterocycles. The minimum atomic E-state index is 1.16. The van der Waals surface area contributed by atoms with Gasteiger partial charge in [0.2, 0.25) is 0 Å². The first kappa shape index (κ1) is 16.8. The Morgan fingerprint density at radius 3 is 2.25 bits per heavy atom. The standard InChI is InChI=1S/C24H28/c1-3-5-6-7-8-9-12-19-15-16-22-17-20-13-10-11-14-21(20)18-24(22)23(19)4-2/h4,10-11,13-18H,2-3,5-9,12H2,1H3. The van der Waals surface area contributed by atoms with E-state index < -0.39 is 0 Å². The summed E-state index contributed by atoms with van der Waals surface area (Å²) >= 11 is 0. The Labute approximate surface area is 146 Å².